The number of nitrogens with zero attached hydrogens (tertiary/aromatic N) is 4. The van der Waals surface area contributed by atoms with Crippen molar-refractivity contribution < 1.29 is 0 Å². The third kappa shape index (κ3) is 5.01. The lowest BCUT2D eigenvalue weighted by Crippen LogP contribution is -2.26. The lowest BCUT2D eigenvalue weighted by atomic mass is 9.70. The van der Waals surface area contributed by atoms with Crippen molar-refractivity contribution in [1.82, 2.24) is 19.5 Å². The molecule has 4 heteroatoms. The Bertz CT molecular complexity index is 3820. The number of fused-ring (bicyclic) bond motifs is 17. The molecule has 0 saturated carbocycles. The highest BCUT2D eigenvalue weighted by atomic mass is 15.0. The van der Waals surface area contributed by atoms with Gasteiger partial charge in [-0.1, -0.05) is 218 Å². The number of para-hydroxylation sites is 1. The van der Waals surface area contributed by atoms with Gasteiger partial charge in [0.05, 0.1) is 22.1 Å². The second kappa shape index (κ2) is 14.1. The van der Waals surface area contributed by atoms with Crippen LogP contribution in [0.2, 0.25) is 0 Å². The summed E-state index contributed by atoms with van der Waals surface area (Å²) in [7, 11) is 0. The minimum absolute atomic E-state index is 0.596. The lowest BCUT2D eigenvalue weighted by Gasteiger charge is -2.32. The number of hydrogen-bond donors (Lipinski definition) is 0. The molecule has 1 spiro atoms. The van der Waals surface area contributed by atoms with E-state index in [1.807, 2.05) is 36.4 Å². The summed E-state index contributed by atoms with van der Waals surface area (Å²) >= 11 is 0. The SMILES string of the molecule is c1ccc(-c2nc(-c3ccccc3)nc(-c3cccc(-n4c5ccccc5c5c6ccccc6c6c(c54)C4(c5ccccc5-c5ccccc54)c4ccccc4-6)c3-c3ccccc3)n2)cc1. The lowest BCUT2D eigenvalue weighted by molar-refractivity contribution is 0.797. The van der Waals surface area contributed by atoms with Gasteiger partial charge in [0.1, 0.15) is 0 Å². The van der Waals surface area contributed by atoms with Gasteiger partial charge in [-0.05, 0) is 67.4 Å². The van der Waals surface area contributed by atoms with Crippen LogP contribution in [0.4, 0.5) is 0 Å². The molecule has 14 rings (SSSR count). The van der Waals surface area contributed by atoms with Crippen LogP contribution in [-0.4, -0.2) is 19.5 Å². The third-order valence-electron chi connectivity index (χ3n) is 14.0. The highest BCUT2D eigenvalue weighted by molar-refractivity contribution is 6.28. The Morgan fingerprint density at radius 1 is 0.318 bits per heavy atom. The summed E-state index contributed by atoms with van der Waals surface area (Å²) in [6.45, 7) is 0. The molecule has 0 N–H and O–H groups in total. The van der Waals surface area contributed by atoms with Crippen molar-refractivity contribution in [3.63, 3.8) is 0 Å². The Kier molecular flexibility index (Phi) is 7.87. The molecule has 0 amide bonds. The van der Waals surface area contributed by atoms with Crippen molar-refractivity contribution in [2.24, 2.45) is 0 Å². The molecule has 2 aromatic heterocycles. The first-order valence-electron chi connectivity index (χ1n) is 22.6. The minimum atomic E-state index is -0.596. The third-order valence-corrected chi connectivity index (χ3v) is 14.0. The maximum atomic E-state index is 5.33. The van der Waals surface area contributed by atoms with Crippen LogP contribution in [0.1, 0.15) is 22.3 Å². The maximum absolute atomic E-state index is 5.33. The first kappa shape index (κ1) is 36.7. The highest BCUT2D eigenvalue weighted by Crippen LogP contribution is 2.66. The molecule has 2 heterocycles. The van der Waals surface area contributed by atoms with Gasteiger partial charge in [-0.15, -0.1) is 0 Å². The molecule has 0 fully saturated rings. The topological polar surface area (TPSA) is 43.6 Å². The fraction of sp³-hybridized carbons (Fsp3) is 0.0161. The quantitative estimate of drug-likeness (QED) is 0.173. The van der Waals surface area contributed by atoms with Gasteiger partial charge in [-0.25, -0.2) is 15.0 Å². The molecular formula is C62H38N4. The summed E-state index contributed by atoms with van der Waals surface area (Å²) in [5.41, 5.74) is 18.1. The number of aromatic nitrogens is 4. The first-order valence-corrected chi connectivity index (χ1v) is 22.6. The van der Waals surface area contributed by atoms with E-state index < -0.39 is 5.41 Å². The summed E-state index contributed by atoms with van der Waals surface area (Å²) in [6.07, 6.45) is 0. The predicted molar refractivity (Wildman–Crippen MR) is 270 cm³/mol. The zero-order chi connectivity index (χ0) is 43.3. The van der Waals surface area contributed by atoms with E-state index in [1.54, 1.807) is 0 Å². The van der Waals surface area contributed by atoms with Crippen molar-refractivity contribution in [2.75, 3.05) is 0 Å². The van der Waals surface area contributed by atoms with E-state index in [2.05, 4.69) is 199 Å². The largest absolute Gasteiger partial charge is 0.308 e. The Morgan fingerprint density at radius 3 is 1.39 bits per heavy atom. The molecule has 0 radical (unpaired) electrons. The van der Waals surface area contributed by atoms with Gasteiger partial charge in [0, 0.05) is 38.6 Å². The standard InChI is InChI=1S/C62H38N4/c1-4-21-39(22-5-1)54-48(61-64-59(40-23-6-2-7-24-40)63-60(65-61)41-25-8-3-9-26-41)33-20-38-53(54)66-52-37-19-15-32-47(52)56-45-30-11-10-29-44(45)55-46-31-14-18-36-51(46)62(57(55)58(56)66)49-34-16-12-27-42(49)43-28-13-17-35-50(43)62/h1-38H. The van der Waals surface area contributed by atoms with Gasteiger partial charge < -0.3 is 4.57 Å². The second-order valence-electron chi connectivity index (χ2n) is 17.4. The van der Waals surface area contributed by atoms with Crippen LogP contribution in [0, 0.1) is 0 Å². The van der Waals surface area contributed by atoms with Crippen LogP contribution in [0.15, 0.2) is 231 Å². The van der Waals surface area contributed by atoms with Crippen LogP contribution in [-0.2, 0) is 5.41 Å². The molecule has 10 aromatic carbocycles. The molecule has 0 bridgehead atoms. The predicted octanol–water partition coefficient (Wildman–Crippen LogP) is 15.1. The summed E-state index contributed by atoms with van der Waals surface area (Å²) < 4.78 is 2.58. The van der Waals surface area contributed by atoms with Crippen molar-refractivity contribution >= 4 is 32.6 Å². The van der Waals surface area contributed by atoms with Crippen LogP contribution >= 0.6 is 0 Å². The first-order chi connectivity index (χ1) is 32.8. The Balaban J connectivity index is 1.18. The average molecular weight is 839 g/mol. The molecule has 4 nitrogen and oxygen atoms in total. The van der Waals surface area contributed by atoms with Crippen molar-refractivity contribution in [1.29, 1.82) is 0 Å². The fourth-order valence-electron chi connectivity index (χ4n) is 11.5. The van der Waals surface area contributed by atoms with Gasteiger partial charge in [0.2, 0.25) is 0 Å². The van der Waals surface area contributed by atoms with Crippen molar-refractivity contribution in [3.8, 4) is 73.2 Å². The van der Waals surface area contributed by atoms with Crippen LogP contribution in [0.25, 0.3) is 106 Å². The maximum Gasteiger partial charge on any atom is 0.164 e. The van der Waals surface area contributed by atoms with Crippen molar-refractivity contribution in [2.45, 2.75) is 5.41 Å². The summed E-state index contributed by atoms with van der Waals surface area (Å²) in [5, 5.41) is 4.96. The van der Waals surface area contributed by atoms with E-state index in [-0.39, 0.29) is 0 Å². The van der Waals surface area contributed by atoms with E-state index in [0.29, 0.717) is 17.5 Å². The van der Waals surface area contributed by atoms with Crippen LogP contribution < -0.4 is 0 Å². The van der Waals surface area contributed by atoms with E-state index >= 15 is 0 Å². The van der Waals surface area contributed by atoms with Crippen LogP contribution in [0.3, 0.4) is 0 Å². The smallest absolute Gasteiger partial charge is 0.164 e. The summed E-state index contributed by atoms with van der Waals surface area (Å²) in [5.74, 6) is 1.87. The molecule has 2 aliphatic rings. The molecule has 2 aliphatic carbocycles. The number of rotatable bonds is 5. The zero-order valence-electron chi connectivity index (χ0n) is 35.7. The Labute approximate surface area is 381 Å². The Hall–Kier alpha value is -8.73. The molecular weight excluding hydrogens is 801 g/mol. The summed E-state index contributed by atoms with van der Waals surface area (Å²) in [4.78, 5) is 15.8. The number of benzene rings is 10. The van der Waals surface area contributed by atoms with Gasteiger partial charge in [-0.3, -0.25) is 0 Å². The normalized spacial score (nSPS) is 13.0. The molecule has 12 aromatic rings. The monoisotopic (exact) mass is 838 g/mol. The molecule has 0 unspecified atom stereocenters. The van der Waals surface area contributed by atoms with Gasteiger partial charge in [0.15, 0.2) is 17.5 Å². The van der Waals surface area contributed by atoms with E-state index in [1.165, 1.54) is 71.6 Å². The molecule has 306 valence electrons. The van der Waals surface area contributed by atoms with Gasteiger partial charge in [0.25, 0.3) is 0 Å². The minimum Gasteiger partial charge on any atom is -0.308 e. The molecule has 0 aliphatic heterocycles. The zero-order valence-corrected chi connectivity index (χ0v) is 35.7. The fourth-order valence-corrected chi connectivity index (χ4v) is 11.5. The van der Waals surface area contributed by atoms with Gasteiger partial charge in [-0.2, -0.15) is 0 Å². The molecule has 0 saturated heterocycles. The highest BCUT2D eigenvalue weighted by Gasteiger charge is 2.53. The second-order valence-corrected chi connectivity index (χ2v) is 17.4. The van der Waals surface area contributed by atoms with E-state index in [4.69, 9.17) is 15.0 Å². The summed E-state index contributed by atoms with van der Waals surface area (Å²) in [6, 6.07) is 83.3. The molecule has 66 heavy (non-hydrogen) atoms. The average Bonchev–Trinajstić information content (AvgIpc) is 4.02. The van der Waals surface area contributed by atoms with Crippen molar-refractivity contribution in [3.05, 3.63) is 253 Å². The van der Waals surface area contributed by atoms with E-state index in [9.17, 15) is 0 Å². The van der Waals surface area contributed by atoms with Crippen LogP contribution in [0.5, 0.6) is 0 Å². The molecule has 0 atom stereocenters. The Morgan fingerprint density at radius 2 is 0.773 bits per heavy atom. The van der Waals surface area contributed by atoms with Gasteiger partial charge >= 0.3 is 0 Å². The number of hydrogen-bond acceptors (Lipinski definition) is 3. The van der Waals surface area contributed by atoms with E-state index in [0.717, 1.165) is 39.0 Å².